The number of rotatable bonds is 5. The molecule has 0 aromatic rings. The number of piperidine rings is 1. The van der Waals surface area contributed by atoms with Crippen molar-refractivity contribution in [3.63, 3.8) is 0 Å². The monoisotopic (exact) mass is 361 g/mol. The maximum atomic E-state index is 11.7. The Morgan fingerprint density at radius 3 is 2.52 bits per heavy atom. The number of sulfone groups is 1. The number of hydrogen-bond donors (Lipinski definition) is 1. The first-order valence-electron chi connectivity index (χ1n) is 9.15. The molecule has 3 atom stereocenters. The molecule has 2 aliphatic heterocycles. The standard InChI is InChI=1S/C17H31NO3S2/c1-23(19,20)17-6-4-13(5-7-17)14-9-15(11-18-10-14)21-12-16-3-2-8-22-16/h13-18H,2-12H2,1H3. The highest BCUT2D eigenvalue weighted by molar-refractivity contribution is 8.00. The molecule has 3 fully saturated rings. The van der Waals surface area contributed by atoms with E-state index in [9.17, 15) is 8.42 Å². The average molecular weight is 362 g/mol. The Hall–Kier alpha value is 0.220. The highest BCUT2D eigenvalue weighted by Gasteiger charge is 2.34. The Labute approximate surface area is 145 Å². The summed E-state index contributed by atoms with van der Waals surface area (Å²) in [4.78, 5) is 0. The van der Waals surface area contributed by atoms with Crippen LogP contribution in [0.3, 0.4) is 0 Å². The number of thioether (sulfide) groups is 1. The lowest BCUT2D eigenvalue weighted by Crippen LogP contribution is -2.45. The average Bonchev–Trinajstić information content (AvgIpc) is 3.06. The molecule has 2 saturated heterocycles. The molecule has 0 spiro atoms. The molecule has 134 valence electrons. The van der Waals surface area contributed by atoms with Gasteiger partial charge in [0.15, 0.2) is 0 Å². The third kappa shape index (κ3) is 5.10. The minimum atomic E-state index is -2.85. The molecule has 1 saturated carbocycles. The maximum absolute atomic E-state index is 11.7. The van der Waals surface area contributed by atoms with Gasteiger partial charge in [0.1, 0.15) is 9.84 Å². The molecule has 4 nitrogen and oxygen atoms in total. The van der Waals surface area contributed by atoms with E-state index < -0.39 is 9.84 Å². The number of ether oxygens (including phenoxy) is 1. The second kappa shape index (κ2) is 8.07. The zero-order valence-electron chi connectivity index (χ0n) is 14.2. The highest BCUT2D eigenvalue weighted by atomic mass is 32.2. The van der Waals surface area contributed by atoms with Crippen molar-refractivity contribution in [2.75, 3.05) is 31.7 Å². The lowest BCUT2D eigenvalue weighted by Gasteiger charge is -2.38. The molecule has 1 N–H and O–H groups in total. The van der Waals surface area contributed by atoms with Crippen LogP contribution in [-0.2, 0) is 14.6 Å². The Kier molecular flexibility index (Phi) is 6.32. The Morgan fingerprint density at radius 1 is 1.09 bits per heavy atom. The van der Waals surface area contributed by atoms with Gasteiger partial charge in [0.25, 0.3) is 0 Å². The van der Waals surface area contributed by atoms with Crippen LogP contribution in [0.5, 0.6) is 0 Å². The van der Waals surface area contributed by atoms with Gasteiger partial charge in [0, 0.05) is 18.1 Å². The van der Waals surface area contributed by atoms with Crippen LogP contribution in [0.2, 0.25) is 0 Å². The van der Waals surface area contributed by atoms with Crippen LogP contribution < -0.4 is 5.32 Å². The second-order valence-corrected chi connectivity index (χ2v) is 11.3. The van der Waals surface area contributed by atoms with Crippen LogP contribution in [-0.4, -0.2) is 56.7 Å². The van der Waals surface area contributed by atoms with Gasteiger partial charge in [0.05, 0.1) is 18.0 Å². The van der Waals surface area contributed by atoms with Crippen molar-refractivity contribution in [1.29, 1.82) is 0 Å². The topological polar surface area (TPSA) is 55.4 Å². The predicted octanol–water partition coefficient (Wildman–Crippen LogP) is 2.48. The predicted molar refractivity (Wildman–Crippen MR) is 96.8 cm³/mol. The molecule has 23 heavy (non-hydrogen) atoms. The summed E-state index contributed by atoms with van der Waals surface area (Å²) in [5.41, 5.74) is 0. The summed E-state index contributed by atoms with van der Waals surface area (Å²) in [6.07, 6.45) is 9.38. The van der Waals surface area contributed by atoms with Gasteiger partial charge < -0.3 is 10.1 Å². The van der Waals surface area contributed by atoms with Gasteiger partial charge in [-0.05, 0) is 69.1 Å². The van der Waals surface area contributed by atoms with Crippen molar-refractivity contribution < 1.29 is 13.2 Å². The summed E-state index contributed by atoms with van der Waals surface area (Å²) in [5, 5.41) is 4.16. The van der Waals surface area contributed by atoms with E-state index >= 15 is 0 Å². The molecule has 3 aliphatic rings. The molecule has 0 amide bonds. The van der Waals surface area contributed by atoms with Gasteiger partial charge >= 0.3 is 0 Å². The molecule has 0 aromatic heterocycles. The zero-order valence-corrected chi connectivity index (χ0v) is 15.8. The van der Waals surface area contributed by atoms with Crippen LogP contribution >= 0.6 is 11.8 Å². The minimum absolute atomic E-state index is 0.0956. The van der Waals surface area contributed by atoms with Crippen molar-refractivity contribution in [3.05, 3.63) is 0 Å². The minimum Gasteiger partial charge on any atom is -0.376 e. The smallest absolute Gasteiger partial charge is 0.150 e. The van der Waals surface area contributed by atoms with Gasteiger partial charge in [-0.3, -0.25) is 0 Å². The first kappa shape index (κ1) is 18.0. The van der Waals surface area contributed by atoms with E-state index in [-0.39, 0.29) is 5.25 Å². The molecule has 2 heterocycles. The Balaban J connectivity index is 1.43. The van der Waals surface area contributed by atoms with E-state index in [1.807, 2.05) is 0 Å². The van der Waals surface area contributed by atoms with E-state index in [2.05, 4.69) is 17.1 Å². The van der Waals surface area contributed by atoms with Crippen molar-refractivity contribution in [2.24, 2.45) is 11.8 Å². The van der Waals surface area contributed by atoms with Crippen LogP contribution in [0, 0.1) is 11.8 Å². The van der Waals surface area contributed by atoms with Crippen molar-refractivity contribution in [3.8, 4) is 0 Å². The fourth-order valence-corrected chi connectivity index (χ4v) is 6.73. The van der Waals surface area contributed by atoms with E-state index in [1.165, 1.54) is 24.9 Å². The summed E-state index contributed by atoms with van der Waals surface area (Å²) >= 11 is 2.06. The summed E-state index contributed by atoms with van der Waals surface area (Å²) in [5.74, 6) is 2.63. The molecule has 0 aromatic carbocycles. The molecule has 0 radical (unpaired) electrons. The first-order chi connectivity index (χ1) is 11.0. The normalized spacial score (nSPS) is 39.4. The maximum Gasteiger partial charge on any atom is 0.150 e. The molecule has 0 bridgehead atoms. The zero-order chi connectivity index (χ0) is 16.3. The summed E-state index contributed by atoms with van der Waals surface area (Å²) < 4.78 is 29.6. The van der Waals surface area contributed by atoms with Gasteiger partial charge in [0.2, 0.25) is 0 Å². The molecule has 6 heteroatoms. The lowest BCUT2D eigenvalue weighted by atomic mass is 9.76. The van der Waals surface area contributed by atoms with Gasteiger partial charge in [-0.1, -0.05) is 0 Å². The fourth-order valence-electron chi connectivity index (χ4n) is 4.43. The van der Waals surface area contributed by atoms with Gasteiger partial charge in [-0.15, -0.1) is 0 Å². The molecule has 1 aliphatic carbocycles. The molecular formula is C17H31NO3S2. The van der Waals surface area contributed by atoms with E-state index in [4.69, 9.17) is 4.74 Å². The summed E-state index contributed by atoms with van der Waals surface area (Å²) in [6.45, 7) is 2.96. The number of hydrogen-bond acceptors (Lipinski definition) is 5. The van der Waals surface area contributed by atoms with Crippen LogP contribution in [0.25, 0.3) is 0 Å². The Morgan fingerprint density at radius 2 is 1.87 bits per heavy atom. The van der Waals surface area contributed by atoms with Crippen molar-refractivity contribution in [2.45, 2.75) is 61.5 Å². The summed E-state index contributed by atoms with van der Waals surface area (Å²) in [6, 6.07) is 0. The van der Waals surface area contributed by atoms with E-state index in [0.717, 1.165) is 51.8 Å². The van der Waals surface area contributed by atoms with Crippen molar-refractivity contribution >= 4 is 21.6 Å². The SMILES string of the molecule is CS(=O)(=O)C1CCC(C2CNCC(OCC3CCCS3)C2)CC1. The molecular weight excluding hydrogens is 330 g/mol. The number of nitrogens with one attached hydrogen (secondary N) is 1. The molecule has 3 unspecified atom stereocenters. The highest BCUT2D eigenvalue weighted by Crippen LogP contribution is 2.36. The van der Waals surface area contributed by atoms with Gasteiger partial charge in [-0.2, -0.15) is 11.8 Å². The third-order valence-corrected chi connectivity index (χ3v) is 8.93. The lowest BCUT2D eigenvalue weighted by molar-refractivity contribution is 0.0101. The quantitative estimate of drug-likeness (QED) is 0.815. The van der Waals surface area contributed by atoms with Crippen LogP contribution in [0.15, 0.2) is 0 Å². The van der Waals surface area contributed by atoms with Gasteiger partial charge in [-0.25, -0.2) is 8.42 Å². The fraction of sp³-hybridized carbons (Fsp3) is 1.00. The van der Waals surface area contributed by atoms with E-state index in [1.54, 1.807) is 0 Å². The van der Waals surface area contributed by atoms with E-state index in [0.29, 0.717) is 23.2 Å². The van der Waals surface area contributed by atoms with Crippen LogP contribution in [0.4, 0.5) is 0 Å². The Bertz CT molecular complexity index is 468. The largest absolute Gasteiger partial charge is 0.376 e. The summed E-state index contributed by atoms with van der Waals surface area (Å²) in [7, 11) is -2.85. The van der Waals surface area contributed by atoms with Crippen LogP contribution in [0.1, 0.15) is 44.9 Å². The van der Waals surface area contributed by atoms with Crippen molar-refractivity contribution in [1.82, 2.24) is 5.32 Å². The first-order valence-corrected chi connectivity index (χ1v) is 12.2. The third-order valence-electron chi connectivity index (χ3n) is 5.88. The molecule has 3 rings (SSSR count). The second-order valence-electron chi connectivity index (χ2n) is 7.61.